The van der Waals surface area contributed by atoms with Gasteiger partial charge in [0.1, 0.15) is 11.9 Å². The van der Waals surface area contributed by atoms with Gasteiger partial charge in [0, 0.05) is 17.9 Å². The number of carbonyl (C=O) groups is 1. The van der Waals surface area contributed by atoms with Crippen molar-refractivity contribution < 1.29 is 9.18 Å². The van der Waals surface area contributed by atoms with Crippen LogP contribution in [0.2, 0.25) is 0 Å². The van der Waals surface area contributed by atoms with Gasteiger partial charge in [-0.1, -0.05) is 25.1 Å². The van der Waals surface area contributed by atoms with Gasteiger partial charge in [0.15, 0.2) is 0 Å². The van der Waals surface area contributed by atoms with E-state index in [1.54, 1.807) is 17.1 Å². The number of amides is 1. The van der Waals surface area contributed by atoms with Crippen molar-refractivity contribution in [3.05, 3.63) is 35.6 Å². The molecule has 3 fully saturated rings. The number of benzene rings is 1. The SMILES string of the molecule is CCC(=O)N1N=C2C3CCN(CC3)C2C1c1ccccc1F. The van der Waals surface area contributed by atoms with E-state index in [-0.39, 0.29) is 23.8 Å². The largest absolute Gasteiger partial charge is 0.293 e. The molecule has 2 bridgehead atoms. The Morgan fingerprint density at radius 1 is 1.27 bits per heavy atom. The lowest BCUT2D eigenvalue weighted by Crippen LogP contribution is -2.56. The number of fused-ring (bicyclic) bond motifs is 2. The fourth-order valence-electron chi connectivity index (χ4n) is 4.11. The molecule has 0 aromatic heterocycles. The molecule has 4 nitrogen and oxygen atoms in total. The Morgan fingerprint density at radius 3 is 2.68 bits per heavy atom. The average Bonchev–Trinajstić information content (AvgIpc) is 2.98. The normalized spacial score (nSPS) is 32.8. The molecule has 0 aliphatic carbocycles. The van der Waals surface area contributed by atoms with Crippen molar-refractivity contribution in [1.29, 1.82) is 0 Å². The van der Waals surface area contributed by atoms with Gasteiger partial charge in [0.25, 0.3) is 0 Å². The first-order chi connectivity index (χ1) is 10.7. The van der Waals surface area contributed by atoms with E-state index in [0.29, 0.717) is 17.9 Å². The molecule has 4 heterocycles. The van der Waals surface area contributed by atoms with E-state index in [1.807, 2.05) is 13.0 Å². The van der Waals surface area contributed by atoms with Crippen molar-refractivity contribution in [2.24, 2.45) is 11.0 Å². The van der Waals surface area contributed by atoms with E-state index in [2.05, 4.69) is 10.0 Å². The highest BCUT2D eigenvalue weighted by atomic mass is 19.1. The number of piperidine rings is 3. The third-order valence-corrected chi connectivity index (χ3v) is 5.21. The van der Waals surface area contributed by atoms with E-state index >= 15 is 0 Å². The molecule has 1 aromatic carbocycles. The molecule has 22 heavy (non-hydrogen) atoms. The van der Waals surface area contributed by atoms with E-state index in [0.717, 1.165) is 31.6 Å². The molecule has 0 N–H and O–H groups in total. The van der Waals surface area contributed by atoms with Crippen LogP contribution in [0, 0.1) is 11.7 Å². The molecule has 5 rings (SSSR count). The van der Waals surface area contributed by atoms with Crippen LogP contribution in [0.3, 0.4) is 0 Å². The summed E-state index contributed by atoms with van der Waals surface area (Å²) in [6.07, 6.45) is 2.60. The summed E-state index contributed by atoms with van der Waals surface area (Å²) in [5.74, 6) is 0.176. The van der Waals surface area contributed by atoms with Crippen LogP contribution in [0.5, 0.6) is 0 Å². The first-order valence-electron chi connectivity index (χ1n) is 8.09. The first-order valence-corrected chi connectivity index (χ1v) is 8.09. The summed E-state index contributed by atoms with van der Waals surface area (Å²) in [6, 6.07) is 6.53. The summed E-state index contributed by atoms with van der Waals surface area (Å²) in [4.78, 5) is 14.7. The van der Waals surface area contributed by atoms with Gasteiger partial charge in [-0.2, -0.15) is 5.10 Å². The zero-order chi connectivity index (χ0) is 15.3. The summed E-state index contributed by atoms with van der Waals surface area (Å²) >= 11 is 0. The molecule has 0 radical (unpaired) electrons. The molecule has 2 unspecified atom stereocenters. The summed E-state index contributed by atoms with van der Waals surface area (Å²) in [5.41, 5.74) is 1.67. The van der Waals surface area contributed by atoms with Crippen molar-refractivity contribution in [3.63, 3.8) is 0 Å². The second kappa shape index (κ2) is 5.16. The van der Waals surface area contributed by atoms with Crippen molar-refractivity contribution in [3.8, 4) is 0 Å². The molecule has 116 valence electrons. The zero-order valence-corrected chi connectivity index (χ0v) is 12.7. The van der Waals surface area contributed by atoms with Gasteiger partial charge in [0.2, 0.25) is 5.91 Å². The van der Waals surface area contributed by atoms with Gasteiger partial charge < -0.3 is 0 Å². The summed E-state index contributed by atoms with van der Waals surface area (Å²) in [5, 5.41) is 6.21. The lowest BCUT2D eigenvalue weighted by molar-refractivity contribution is -0.133. The molecule has 1 aromatic rings. The minimum atomic E-state index is -0.313. The Balaban J connectivity index is 1.80. The second-order valence-electron chi connectivity index (χ2n) is 6.34. The molecule has 2 atom stereocenters. The smallest absolute Gasteiger partial charge is 0.243 e. The predicted octanol–water partition coefficient (Wildman–Crippen LogP) is 2.57. The van der Waals surface area contributed by atoms with Crippen LogP contribution in [0.25, 0.3) is 0 Å². The van der Waals surface area contributed by atoms with Gasteiger partial charge in [0.05, 0.1) is 11.8 Å². The highest BCUT2D eigenvalue weighted by molar-refractivity contribution is 5.97. The predicted molar refractivity (Wildman–Crippen MR) is 81.8 cm³/mol. The van der Waals surface area contributed by atoms with Gasteiger partial charge in [-0.05, 0) is 32.0 Å². The number of nitrogens with zero attached hydrogens (tertiary/aromatic N) is 3. The van der Waals surface area contributed by atoms with Crippen LogP contribution in [-0.4, -0.2) is 40.7 Å². The molecule has 0 saturated carbocycles. The van der Waals surface area contributed by atoms with E-state index in [9.17, 15) is 9.18 Å². The van der Waals surface area contributed by atoms with Crippen LogP contribution in [0.1, 0.15) is 37.8 Å². The van der Waals surface area contributed by atoms with E-state index in [1.165, 1.54) is 6.07 Å². The van der Waals surface area contributed by atoms with Gasteiger partial charge in [-0.25, -0.2) is 9.40 Å². The second-order valence-corrected chi connectivity index (χ2v) is 6.34. The Morgan fingerprint density at radius 2 is 2.00 bits per heavy atom. The minimum absolute atomic E-state index is 0.0317. The number of hydrogen-bond donors (Lipinski definition) is 0. The fourth-order valence-corrected chi connectivity index (χ4v) is 4.11. The van der Waals surface area contributed by atoms with Crippen molar-refractivity contribution in [2.45, 2.75) is 38.3 Å². The van der Waals surface area contributed by atoms with Crippen molar-refractivity contribution in [2.75, 3.05) is 13.1 Å². The van der Waals surface area contributed by atoms with E-state index in [4.69, 9.17) is 0 Å². The Bertz CT molecular complexity index is 637. The monoisotopic (exact) mass is 301 g/mol. The maximum absolute atomic E-state index is 14.4. The molecule has 0 spiro atoms. The molecule has 4 aliphatic heterocycles. The number of carbonyl (C=O) groups excluding carboxylic acids is 1. The number of halogens is 1. The van der Waals surface area contributed by atoms with Crippen LogP contribution in [0.4, 0.5) is 4.39 Å². The highest BCUT2D eigenvalue weighted by Gasteiger charge is 2.51. The standard InChI is InChI=1S/C17H20FN3O/c1-2-14(22)21-16(12-5-3-4-6-13(12)18)17-15(19-21)11-7-9-20(17)10-8-11/h3-6,11,16-17H,2,7-10H2,1H3. The highest BCUT2D eigenvalue weighted by Crippen LogP contribution is 2.43. The van der Waals surface area contributed by atoms with Crippen LogP contribution >= 0.6 is 0 Å². The topological polar surface area (TPSA) is 35.9 Å². The van der Waals surface area contributed by atoms with Crippen LogP contribution < -0.4 is 0 Å². The Kier molecular flexibility index (Phi) is 3.26. The van der Waals surface area contributed by atoms with Crippen molar-refractivity contribution >= 4 is 11.6 Å². The zero-order valence-electron chi connectivity index (χ0n) is 12.7. The molecule has 5 heteroatoms. The third kappa shape index (κ3) is 1.92. The maximum Gasteiger partial charge on any atom is 0.243 e. The minimum Gasteiger partial charge on any atom is -0.293 e. The number of hydrogen-bond acceptors (Lipinski definition) is 3. The summed E-state index contributed by atoms with van der Waals surface area (Å²) in [7, 11) is 0. The molecular weight excluding hydrogens is 281 g/mol. The molecule has 3 saturated heterocycles. The first kappa shape index (κ1) is 13.9. The lowest BCUT2D eigenvalue weighted by atomic mass is 9.78. The van der Waals surface area contributed by atoms with Crippen LogP contribution in [-0.2, 0) is 4.79 Å². The quantitative estimate of drug-likeness (QED) is 0.841. The lowest BCUT2D eigenvalue weighted by Gasteiger charge is -2.46. The van der Waals surface area contributed by atoms with Crippen LogP contribution in [0.15, 0.2) is 29.4 Å². The van der Waals surface area contributed by atoms with Gasteiger partial charge >= 0.3 is 0 Å². The van der Waals surface area contributed by atoms with Gasteiger partial charge in [-0.15, -0.1) is 0 Å². The number of hydrazone groups is 1. The molecular formula is C17H20FN3O. The Labute approximate surface area is 129 Å². The molecule has 4 aliphatic rings. The summed E-state index contributed by atoms with van der Waals surface area (Å²) < 4.78 is 14.4. The van der Waals surface area contributed by atoms with Crippen molar-refractivity contribution in [1.82, 2.24) is 9.91 Å². The molecule has 1 amide bonds. The fraction of sp³-hybridized carbons (Fsp3) is 0.529. The third-order valence-electron chi connectivity index (χ3n) is 5.21. The number of rotatable bonds is 2. The summed E-state index contributed by atoms with van der Waals surface area (Å²) in [6.45, 7) is 3.87. The van der Waals surface area contributed by atoms with Gasteiger partial charge in [-0.3, -0.25) is 9.69 Å². The maximum atomic E-state index is 14.4. The average molecular weight is 301 g/mol. The van der Waals surface area contributed by atoms with E-state index < -0.39 is 0 Å². The Hall–Kier alpha value is -1.75.